The fourth-order valence-corrected chi connectivity index (χ4v) is 3.71. The number of sulfonamides is 1. The molecule has 7 nitrogen and oxygen atoms in total. The fourth-order valence-electron chi connectivity index (χ4n) is 2.28. The number of benzene rings is 2. The number of methoxy groups -OCH3 is 1. The Balaban J connectivity index is 2.39. The number of carbonyl (C=O) groups excluding carboxylic acids is 1. The Morgan fingerprint density at radius 2 is 1.76 bits per heavy atom. The molecule has 0 spiro atoms. The Hall–Kier alpha value is -2.87. The SMILES string of the molecule is COc1cccc(N(CC(=O)N/N=C(/C)C(C)(C)C)S(=O)(=O)c2ccccc2)c1. The minimum Gasteiger partial charge on any atom is -0.497 e. The highest BCUT2D eigenvalue weighted by molar-refractivity contribution is 7.92. The summed E-state index contributed by atoms with van der Waals surface area (Å²) in [4.78, 5) is 12.6. The van der Waals surface area contributed by atoms with Crippen molar-refractivity contribution in [1.29, 1.82) is 0 Å². The van der Waals surface area contributed by atoms with Crippen LogP contribution in [-0.4, -0.2) is 33.7 Å². The summed E-state index contributed by atoms with van der Waals surface area (Å²) in [6.45, 7) is 7.30. The van der Waals surface area contributed by atoms with Crippen LogP contribution in [-0.2, 0) is 14.8 Å². The highest BCUT2D eigenvalue weighted by Gasteiger charge is 2.27. The second kappa shape index (κ2) is 9.09. The smallest absolute Gasteiger partial charge is 0.264 e. The zero-order valence-corrected chi connectivity index (χ0v) is 18.2. The Kier molecular flexibility index (Phi) is 7.02. The van der Waals surface area contributed by atoms with Crippen LogP contribution in [0.25, 0.3) is 0 Å². The molecule has 0 bridgehead atoms. The lowest BCUT2D eigenvalue weighted by Gasteiger charge is -2.24. The van der Waals surface area contributed by atoms with E-state index in [0.29, 0.717) is 11.4 Å². The molecule has 0 aromatic heterocycles. The third-order valence-electron chi connectivity index (χ3n) is 4.39. The predicted molar refractivity (Wildman–Crippen MR) is 115 cm³/mol. The van der Waals surface area contributed by atoms with Gasteiger partial charge in [-0.05, 0) is 31.2 Å². The van der Waals surface area contributed by atoms with Crippen molar-refractivity contribution in [3.8, 4) is 5.75 Å². The summed E-state index contributed by atoms with van der Waals surface area (Å²) in [6.07, 6.45) is 0. The first-order valence-corrected chi connectivity index (χ1v) is 10.5. The van der Waals surface area contributed by atoms with Crippen molar-refractivity contribution in [2.45, 2.75) is 32.6 Å². The first-order chi connectivity index (χ1) is 13.6. The Labute approximate surface area is 172 Å². The van der Waals surface area contributed by atoms with Crippen LogP contribution in [0, 0.1) is 5.41 Å². The maximum atomic E-state index is 13.2. The largest absolute Gasteiger partial charge is 0.497 e. The van der Waals surface area contributed by atoms with Crippen LogP contribution in [0.3, 0.4) is 0 Å². The molecule has 0 aliphatic carbocycles. The average molecular weight is 418 g/mol. The van der Waals surface area contributed by atoms with Crippen LogP contribution in [0.5, 0.6) is 5.75 Å². The maximum Gasteiger partial charge on any atom is 0.264 e. The van der Waals surface area contributed by atoms with E-state index in [1.807, 2.05) is 20.8 Å². The molecule has 29 heavy (non-hydrogen) atoms. The lowest BCUT2D eigenvalue weighted by molar-refractivity contribution is -0.119. The first kappa shape index (κ1) is 22.4. The molecule has 2 aromatic carbocycles. The number of anilines is 1. The zero-order valence-electron chi connectivity index (χ0n) is 17.3. The Morgan fingerprint density at radius 1 is 1.10 bits per heavy atom. The molecule has 1 N–H and O–H groups in total. The topological polar surface area (TPSA) is 88.1 Å². The van der Waals surface area contributed by atoms with E-state index in [2.05, 4.69) is 10.5 Å². The van der Waals surface area contributed by atoms with Gasteiger partial charge in [0, 0.05) is 17.2 Å². The van der Waals surface area contributed by atoms with E-state index in [-0.39, 0.29) is 10.3 Å². The monoisotopic (exact) mass is 417 g/mol. The minimum absolute atomic E-state index is 0.0880. The molecule has 0 fully saturated rings. The van der Waals surface area contributed by atoms with Gasteiger partial charge in [-0.25, -0.2) is 13.8 Å². The summed E-state index contributed by atoms with van der Waals surface area (Å²) in [5, 5.41) is 4.10. The number of ether oxygens (including phenoxy) is 1. The maximum absolute atomic E-state index is 13.2. The van der Waals surface area contributed by atoms with Crippen molar-refractivity contribution < 1.29 is 17.9 Å². The Morgan fingerprint density at radius 3 is 2.34 bits per heavy atom. The molecular weight excluding hydrogens is 390 g/mol. The summed E-state index contributed by atoms with van der Waals surface area (Å²) in [5.41, 5.74) is 3.29. The summed E-state index contributed by atoms with van der Waals surface area (Å²) >= 11 is 0. The molecule has 0 unspecified atom stereocenters. The second-order valence-corrected chi connectivity index (χ2v) is 9.37. The molecule has 0 saturated heterocycles. The summed E-state index contributed by atoms with van der Waals surface area (Å²) in [6, 6.07) is 14.5. The number of carbonyl (C=O) groups is 1. The Bertz CT molecular complexity index is 980. The normalized spacial score (nSPS) is 12.4. The average Bonchev–Trinajstić information content (AvgIpc) is 2.70. The van der Waals surface area contributed by atoms with E-state index in [4.69, 9.17) is 4.74 Å². The number of nitrogens with one attached hydrogen (secondary N) is 1. The van der Waals surface area contributed by atoms with E-state index >= 15 is 0 Å². The van der Waals surface area contributed by atoms with Gasteiger partial charge in [-0.1, -0.05) is 45.0 Å². The van der Waals surface area contributed by atoms with E-state index in [0.717, 1.165) is 10.0 Å². The van der Waals surface area contributed by atoms with Crippen LogP contribution in [0.2, 0.25) is 0 Å². The first-order valence-electron chi connectivity index (χ1n) is 9.11. The number of hydrogen-bond acceptors (Lipinski definition) is 5. The van der Waals surface area contributed by atoms with E-state index in [1.54, 1.807) is 49.4 Å². The molecule has 0 heterocycles. The molecule has 0 aliphatic heterocycles. The molecule has 2 rings (SSSR count). The molecule has 0 saturated carbocycles. The van der Waals surface area contributed by atoms with Gasteiger partial charge in [-0.2, -0.15) is 5.10 Å². The molecule has 0 atom stereocenters. The number of rotatable bonds is 7. The third kappa shape index (κ3) is 5.80. The second-order valence-electron chi connectivity index (χ2n) is 7.51. The summed E-state index contributed by atoms with van der Waals surface area (Å²) < 4.78 is 32.7. The van der Waals surface area contributed by atoms with E-state index in [9.17, 15) is 13.2 Å². The predicted octanol–water partition coefficient (Wildman–Crippen LogP) is 3.43. The lowest BCUT2D eigenvalue weighted by Crippen LogP contribution is -2.40. The molecule has 8 heteroatoms. The quantitative estimate of drug-likeness (QED) is 0.552. The van der Waals surface area contributed by atoms with E-state index in [1.165, 1.54) is 19.2 Å². The van der Waals surface area contributed by atoms with Gasteiger partial charge in [-0.3, -0.25) is 9.10 Å². The van der Waals surface area contributed by atoms with Crippen molar-refractivity contribution >= 4 is 27.3 Å². The van der Waals surface area contributed by atoms with Gasteiger partial charge in [-0.15, -0.1) is 0 Å². The number of nitrogens with zero attached hydrogens (tertiary/aromatic N) is 2. The van der Waals surface area contributed by atoms with Crippen LogP contribution in [0.15, 0.2) is 64.6 Å². The molecule has 0 aliphatic rings. The molecule has 0 radical (unpaired) electrons. The van der Waals surface area contributed by atoms with Gasteiger partial charge in [0.15, 0.2) is 0 Å². The van der Waals surface area contributed by atoms with Crippen LogP contribution in [0.4, 0.5) is 5.69 Å². The molecular formula is C21H27N3O4S. The summed E-state index contributed by atoms with van der Waals surface area (Å²) in [7, 11) is -2.48. The highest BCUT2D eigenvalue weighted by atomic mass is 32.2. The number of hydrazone groups is 1. The minimum atomic E-state index is -3.97. The van der Waals surface area contributed by atoms with Crippen molar-refractivity contribution in [1.82, 2.24) is 5.43 Å². The van der Waals surface area contributed by atoms with Crippen molar-refractivity contribution in [3.05, 3.63) is 54.6 Å². The van der Waals surface area contributed by atoms with E-state index < -0.39 is 22.5 Å². The van der Waals surface area contributed by atoms with Gasteiger partial charge < -0.3 is 4.74 Å². The van der Waals surface area contributed by atoms with Crippen molar-refractivity contribution in [3.63, 3.8) is 0 Å². The highest BCUT2D eigenvalue weighted by Crippen LogP contribution is 2.26. The molecule has 156 valence electrons. The third-order valence-corrected chi connectivity index (χ3v) is 6.18. The zero-order chi connectivity index (χ0) is 21.7. The standard InChI is InChI=1S/C21H27N3O4S/c1-16(21(2,3)4)22-23-20(25)15-24(17-10-9-11-18(14-17)28-5)29(26,27)19-12-7-6-8-13-19/h6-14H,15H2,1-5H3,(H,23,25)/b22-16-. The lowest BCUT2D eigenvalue weighted by atomic mass is 9.91. The van der Waals surface area contributed by atoms with Gasteiger partial charge in [0.05, 0.1) is 17.7 Å². The van der Waals surface area contributed by atoms with Crippen LogP contribution in [0.1, 0.15) is 27.7 Å². The molecule has 1 amide bonds. The summed E-state index contributed by atoms with van der Waals surface area (Å²) in [5.74, 6) is -0.0614. The number of hydrogen-bond donors (Lipinski definition) is 1. The van der Waals surface area contributed by atoms with Crippen molar-refractivity contribution in [2.75, 3.05) is 18.0 Å². The molecule has 2 aromatic rings. The fraction of sp³-hybridized carbons (Fsp3) is 0.333. The van der Waals surface area contributed by atoms with Crippen molar-refractivity contribution in [2.24, 2.45) is 10.5 Å². The number of amides is 1. The van der Waals surface area contributed by atoms with Gasteiger partial charge in [0.25, 0.3) is 15.9 Å². The van der Waals surface area contributed by atoms with Gasteiger partial charge >= 0.3 is 0 Å². The van der Waals surface area contributed by atoms with Gasteiger partial charge in [0.1, 0.15) is 12.3 Å². The van der Waals surface area contributed by atoms with Crippen LogP contribution < -0.4 is 14.5 Å². The van der Waals surface area contributed by atoms with Crippen LogP contribution >= 0.6 is 0 Å². The van der Waals surface area contributed by atoms with Gasteiger partial charge in [0.2, 0.25) is 0 Å².